The largest absolute Gasteiger partial charge is 0.357 e. The fourth-order valence-electron chi connectivity index (χ4n) is 2.21. The zero-order chi connectivity index (χ0) is 13.5. The molecule has 1 aliphatic rings. The number of rotatable bonds is 3. The second-order valence-corrected chi connectivity index (χ2v) is 4.67. The topological polar surface area (TPSA) is 51.4 Å². The SMILES string of the molecule is CCNC(=NCc1ccc(C#N)cc1)N1CCCC1. The standard InChI is InChI=1S/C15H20N4/c1-2-17-15(19-9-3-4-10-19)18-12-14-7-5-13(11-16)6-8-14/h5-8H,2-4,9-10,12H2,1H3,(H,17,18). The lowest BCUT2D eigenvalue weighted by molar-refractivity contribution is 0.493. The van der Waals surface area contributed by atoms with Crippen LogP contribution in [-0.4, -0.2) is 30.5 Å². The van der Waals surface area contributed by atoms with Gasteiger partial charge >= 0.3 is 0 Å². The third-order valence-corrected chi connectivity index (χ3v) is 3.23. The molecule has 4 nitrogen and oxygen atoms in total. The fraction of sp³-hybridized carbons (Fsp3) is 0.467. The minimum atomic E-state index is 0.657. The van der Waals surface area contributed by atoms with Crippen molar-refractivity contribution in [3.05, 3.63) is 35.4 Å². The summed E-state index contributed by atoms with van der Waals surface area (Å²) in [6.45, 7) is 5.83. The van der Waals surface area contributed by atoms with E-state index >= 15 is 0 Å². The van der Waals surface area contributed by atoms with E-state index in [9.17, 15) is 0 Å². The van der Waals surface area contributed by atoms with Gasteiger partial charge in [-0.05, 0) is 37.5 Å². The summed E-state index contributed by atoms with van der Waals surface area (Å²) in [5.41, 5.74) is 1.83. The summed E-state index contributed by atoms with van der Waals surface area (Å²) in [7, 11) is 0. The van der Waals surface area contributed by atoms with Gasteiger partial charge in [0.05, 0.1) is 18.2 Å². The number of nitriles is 1. The summed E-state index contributed by atoms with van der Waals surface area (Å²) < 4.78 is 0. The quantitative estimate of drug-likeness (QED) is 0.665. The number of guanidine groups is 1. The van der Waals surface area contributed by atoms with E-state index in [0.29, 0.717) is 12.1 Å². The molecule has 1 aromatic rings. The maximum absolute atomic E-state index is 8.77. The number of nitrogens with zero attached hydrogens (tertiary/aromatic N) is 3. The monoisotopic (exact) mass is 256 g/mol. The van der Waals surface area contributed by atoms with Gasteiger partial charge in [0, 0.05) is 19.6 Å². The van der Waals surface area contributed by atoms with Crippen molar-refractivity contribution in [3.8, 4) is 6.07 Å². The van der Waals surface area contributed by atoms with Crippen molar-refractivity contribution in [3.63, 3.8) is 0 Å². The van der Waals surface area contributed by atoms with Crippen molar-refractivity contribution in [1.29, 1.82) is 5.26 Å². The van der Waals surface area contributed by atoms with Crippen molar-refractivity contribution >= 4 is 5.96 Å². The van der Waals surface area contributed by atoms with Crippen LogP contribution in [0.15, 0.2) is 29.3 Å². The number of benzene rings is 1. The third kappa shape index (κ3) is 3.72. The van der Waals surface area contributed by atoms with E-state index in [-0.39, 0.29) is 0 Å². The Hall–Kier alpha value is -2.02. The molecule has 0 aliphatic carbocycles. The van der Waals surface area contributed by atoms with Crippen LogP contribution in [0.4, 0.5) is 0 Å². The Kier molecular flexibility index (Phi) is 4.79. The fourth-order valence-corrected chi connectivity index (χ4v) is 2.21. The maximum Gasteiger partial charge on any atom is 0.194 e. The molecule has 0 spiro atoms. The van der Waals surface area contributed by atoms with Gasteiger partial charge in [-0.3, -0.25) is 0 Å². The summed E-state index contributed by atoms with van der Waals surface area (Å²) >= 11 is 0. The predicted molar refractivity (Wildman–Crippen MR) is 76.8 cm³/mol. The van der Waals surface area contributed by atoms with Gasteiger partial charge < -0.3 is 10.2 Å². The lowest BCUT2D eigenvalue weighted by Crippen LogP contribution is -2.39. The van der Waals surface area contributed by atoms with Gasteiger partial charge in [-0.15, -0.1) is 0 Å². The third-order valence-electron chi connectivity index (χ3n) is 3.23. The molecule has 0 saturated carbocycles. The minimum absolute atomic E-state index is 0.657. The second kappa shape index (κ2) is 6.79. The van der Waals surface area contributed by atoms with Gasteiger partial charge in [0.15, 0.2) is 5.96 Å². The van der Waals surface area contributed by atoms with Crippen LogP contribution in [-0.2, 0) is 6.54 Å². The van der Waals surface area contributed by atoms with Crippen molar-refractivity contribution < 1.29 is 0 Å². The van der Waals surface area contributed by atoms with E-state index in [1.165, 1.54) is 12.8 Å². The first-order chi connectivity index (χ1) is 9.33. The molecule has 1 fully saturated rings. The molecule has 4 heteroatoms. The van der Waals surface area contributed by atoms with Gasteiger partial charge in [0.25, 0.3) is 0 Å². The maximum atomic E-state index is 8.77. The van der Waals surface area contributed by atoms with Crippen LogP contribution in [0.1, 0.15) is 30.9 Å². The average Bonchev–Trinajstić information content (AvgIpc) is 2.98. The van der Waals surface area contributed by atoms with Crippen molar-refractivity contribution in [1.82, 2.24) is 10.2 Å². The van der Waals surface area contributed by atoms with Crippen molar-refractivity contribution in [2.75, 3.05) is 19.6 Å². The van der Waals surface area contributed by atoms with Crippen LogP contribution in [0, 0.1) is 11.3 Å². The molecule has 19 heavy (non-hydrogen) atoms. The van der Waals surface area contributed by atoms with Gasteiger partial charge in [-0.2, -0.15) is 5.26 Å². The van der Waals surface area contributed by atoms with Gasteiger partial charge in [-0.1, -0.05) is 12.1 Å². The molecule has 1 aliphatic heterocycles. The van der Waals surface area contributed by atoms with Gasteiger partial charge in [0.1, 0.15) is 0 Å². The Labute approximate surface area is 114 Å². The summed E-state index contributed by atoms with van der Waals surface area (Å²) in [6.07, 6.45) is 2.50. The summed E-state index contributed by atoms with van der Waals surface area (Å²) in [5.74, 6) is 1.00. The smallest absolute Gasteiger partial charge is 0.194 e. The van der Waals surface area contributed by atoms with Crippen LogP contribution < -0.4 is 5.32 Å². The molecule has 1 aromatic carbocycles. The van der Waals surface area contributed by atoms with E-state index in [1.807, 2.05) is 24.3 Å². The first-order valence-electron chi connectivity index (χ1n) is 6.86. The Morgan fingerprint density at radius 1 is 1.32 bits per heavy atom. The zero-order valence-electron chi connectivity index (χ0n) is 11.4. The number of likely N-dealkylation sites (tertiary alicyclic amines) is 1. The average molecular weight is 256 g/mol. The summed E-state index contributed by atoms with van der Waals surface area (Å²) in [5, 5.41) is 12.1. The molecular formula is C15H20N4. The van der Waals surface area contributed by atoms with Crippen LogP contribution >= 0.6 is 0 Å². The Balaban J connectivity index is 2.02. The molecular weight excluding hydrogens is 236 g/mol. The van der Waals surface area contributed by atoms with Crippen LogP contribution in [0.5, 0.6) is 0 Å². The normalized spacial score (nSPS) is 15.4. The molecule has 0 aromatic heterocycles. The number of hydrogen-bond donors (Lipinski definition) is 1. The predicted octanol–water partition coefficient (Wildman–Crippen LogP) is 2.12. The second-order valence-electron chi connectivity index (χ2n) is 4.67. The molecule has 0 radical (unpaired) electrons. The van der Waals surface area contributed by atoms with Crippen LogP contribution in [0.2, 0.25) is 0 Å². The molecule has 0 atom stereocenters. The van der Waals surface area contributed by atoms with E-state index in [1.54, 1.807) is 0 Å². The van der Waals surface area contributed by atoms with Gasteiger partial charge in [-0.25, -0.2) is 4.99 Å². The summed E-state index contributed by atoms with van der Waals surface area (Å²) in [4.78, 5) is 6.98. The lowest BCUT2D eigenvalue weighted by atomic mass is 10.1. The minimum Gasteiger partial charge on any atom is -0.357 e. The first kappa shape index (κ1) is 13.4. The van der Waals surface area contributed by atoms with E-state index in [0.717, 1.165) is 31.2 Å². The Morgan fingerprint density at radius 2 is 2.00 bits per heavy atom. The first-order valence-corrected chi connectivity index (χ1v) is 6.86. The number of hydrogen-bond acceptors (Lipinski definition) is 2. The highest BCUT2D eigenvalue weighted by Gasteiger charge is 2.15. The van der Waals surface area contributed by atoms with Crippen LogP contribution in [0.3, 0.4) is 0 Å². The highest BCUT2D eigenvalue weighted by Crippen LogP contribution is 2.09. The Morgan fingerprint density at radius 3 is 2.58 bits per heavy atom. The molecule has 2 rings (SSSR count). The molecule has 1 N–H and O–H groups in total. The highest BCUT2D eigenvalue weighted by molar-refractivity contribution is 5.80. The number of aliphatic imine (C=N–C) groups is 1. The highest BCUT2D eigenvalue weighted by atomic mass is 15.3. The molecule has 100 valence electrons. The Bertz CT molecular complexity index is 464. The van der Waals surface area contributed by atoms with Crippen molar-refractivity contribution in [2.24, 2.45) is 4.99 Å². The summed E-state index contributed by atoms with van der Waals surface area (Å²) in [6, 6.07) is 9.75. The zero-order valence-corrected chi connectivity index (χ0v) is 11.4. The molecule has 1 saturated heterocycles. The van der Waals surface area contributed by atoms with E-state index in [4.69, 9.17) is 5.26 Å². The van der Waals surface area contributed by atoms with Crippen LogP contribution in [0.25, 0.3) is 0 Å². The molecule has 0 bridgehead atoms. The number of nitrogens with one attached hydrogen (secondary N) is 1. The lowest BCUT2D eigenvalue weighted by Gasteiger charge is -2.20. The van der Waals surface area contributed by atoms with Gasteiger partial charge in [0.2, 0.25) is 0 Å². The van der Waals surface area contributed by atoms with Crippen molar-refractivity contribution in [2.45, 2.75) is 26.3 Å². The van der Waals surface area contributed by atoms with E-state index < -0.39 is 0 Å². The molecule has 0 amide bonds. The van der Waals surface area contributed by atoms with E-state index in [2.05, 4.69) is 28.2 Å². The molecule has 0 unspecified atom stereocenters. The molecule has 1 heterocycles.